The molecule has 2 aromatic rings. The van der Waals surface area contributed by atoms with Gasteiger partial charge in [0.2, 0.25) is 0 Å². The maximum absolute atomic E-state index is 6.36. The number of pyridine rings is 1. The van der Waals surface area contributed by atoms with Gasteiger partial charge in [0.1, 0.15) is 0 Å². The second kappa shape index (κ2) is 3.04. The lowest BCUT2D eigenvalue weighted by molar-refractivity contribution is 0.256. The molecular formula is C13H14N2. The van der Waals surface area contributed by atoms with Crippen molar-refractivity contribution in [3.63, 3.8) is 0 Å². The molecule has 1 aliphatic carbocycles. The molecule has 0 aliphatic heterocycles. The molecule has 0 radical (unpaired) electrons. The van der Waals surface area contributed by atoms with Gasteiger partial charge >= 0.3 is 0 Å². The number of nitrogens with zero attached hydrogens (tertiary/aromatic N) is 1. The first-order valence-corrected chi connectivity index (χ1v) is 5.42. The second-order valence-corrected chi connectivity index (χ2v) is 4.41. The van der Waals surface area contributed by atoms with E-state index in [-0.39, 0.29) is 5.54 Å². The topological polar surface area (TPSA) is 38.9 Å². The van der Waals surface area contributed by atoms with E-state index in [0.29, 0.717) is 0 Å². The summed E-state index contributed by atoms with van der Waals surface area (Å²) in [6, 6.07) is 8.39. The van der Waals surface area contributed by atoms with Gasteiger partial charge in [0, 0.05) is 23.3 Å². The minimum atomic E-state index is -0.0947. The van der Waals surface area contributed by atoms with E-state index in [9.17, 15) is 0 Å². The van der Waals surface area contributed by atoms with E-state index in [4.69, 9.17) is 5.73 Å². The Morgan fingerprint density at radius 2 is 2.07 bits per heavy atom. The van der Waals surface area contributed by atoms with Crippen LogP contribution in [-0.2, 0) is 5.54 Å². The van der Waals surface area contributed by atoms with Crippen LogP contribution >= 0.6 is 0 Å². The lowest BCUT2D eigenvalue weighted by Gasteiger charge is -2.39. The number of aromatic nitrogens is 1. The molecule has 1 aromatic carbocycles. The Morgan fingerprint density at radius 1 is 1.20 bits per heavy atom. The molecular weight excluding hydrogens is 184 g/mol. The molecule has 15 heavy (non-hydrogen) atoms. The van der Waals surface area contributed by atoms with Crippen molar-refractivity contribution >= 4 is 10.8 Å². The van der Waals surface area contributed by atoms with Crippen LogP contribution in [0.3, 0.4) is 0 Å². The van der Waals surface area contributed by atoms with Gasteiger partial charge < -0.3 is 5.73 Å². The van der Waals surface area contributed by atoms with Crippen molar-refractivity contribution in [3.05, 3.63) is 42.2 Å². The fourth-order valence-electron chi connectivity index (χ4n) is 2.37. The quantitative estimate of drug-likeness (QED) is 0.764. The summed E-state index contributed by atoms with van der Waals surface area (Å²) in [4.78, 5) is 4.19. The number of hydrogen-bond acceptors (Lipinski definition) is 2. The smallest absolute Gasteiger partial charge is 0.0416 e. The number of rotatable bonds is 1. The number of benzene rings is 1. The minimum Gasteiger partial charge on any atom is -0.321 e. The Balaban J connectivity index is 2.26. The van der Waals surface area contributed by atoms with Crippen molar-refractivity contribution in [2.75, 3.05) is 0 Å². The molecule has 1 fully saturated rings. The Hall–Kier alpha value is -1.41. The third kappa shape index (κ3) is 1.25. The normalized spacial score (nSPS) is 18.7. The van der Waals surface area contributed by atoms with Gasteiger partial charge in [-0.3, -0.25) is 4.98 Å². The van der Waals surface area contributed by atoms with Crippen LogP contribution in [0.25, 0.3) is 10.8 Å². The first-order valence-electron chi connectivity index (χ1n) is 5.42. The predicted molar refractivity (Wildman–Crippen MR) is 61.5 cm³/mol. The Kier molecular flexibility index (Phi) is 1.80. The summed E-state index contributed by atoms with van der Waals surface area (Å²) < 4.78 is 0. The van der Waals surface area contributed by atoms with Crippen LogP contribution < -0.4 is 5.73 Å². The molecule has 2 nitrogen and oxygen atoms in total. The average molecular weight is 198 g/mol. The van der Waals surface area contributed by atoms with E-state index >= 15 is 0 Å². The summed E-state index contributed by atoms with van der Waals surface area (Å²) in [7, 11) is 0. The van der Waals surface area contributed by atoms with Gasteiger partial charge in [0.25, 0.3) is 0 Å². The van der Waals surface area contributed by atoms with Crippen LogP contribution in [0.2, 0.25) is 0 Å². The van der Waals surface area contributed by atoms with Crippen molar-refractivity contribution in [1.29, 1.82) is 0 Å². The van der Waals surface area contributed by atoms with Gasteiger partial charge in [0.05, 0.1) is 0 Å². The van der Waals surface area contributed by atoms with E-state index < -0.39 is 0 Å². The highest BCUT2D eigenvalue weighted by Crippen LogP contribution is 2.41. The third-order valence-corrected chi connectivity index (χ3v) is 3.47. The van der Waals surface area contributed by atoms with E-state index in [1.54, 1.807) is 0 Å². The fourth-order valence-corrected chi connectivity index (χ4v) is 2.37. The van der Waals surface area contributed by atoms with Crippen LogP contribution in [0.5, 0.6) is 0 Å². The molecule has 0 spiro atoms. The lowest BCUT2D eigenvalue weighted by Crippen LogP contribution is -2.43. The summed E-state index contributed by atoms with van der Waals surface area (Å²) in [5.74, 6) is 0. The molecule has 2 N–H and O–H groups in total. The van der Waals surface area contributed by atoms with Gasteiger partial charge in [0.15, 0.2) is 0 Å². The highest BCUT2D eigenvalue weighted by atomic mass is 14.8. The third-order valence-electron chi connectivity index (χ3n) is 3.47. The Bertz CT molecular complexity index is 495. The number of hydrogen-bond donors (Lipinski definition) is 1. The maximum Gasteiger partial charge on any atom is 0.0416 e. The molecule has 1 heterocycles. The largest absolute Gasteiger partial charge is 0.321 e. The second-order valence-electron chi connectivity index (χ2n) is 4.41. The van der Waals surface area contributed by atoms with Gasteiger partial charge in [-0.15, -0.1) is 0 Å². The van der Waals surface area contributed by atoms with Gasteiger partial charge in [-0.05, 0) is 36.3 Å². The zero-order valence-corrected chi connectivity index (χ0v) is 8.61. The molecule has 1 aliphatic rings. The molecule has 0 amide bonds. The van der Waals surface area contributed by atoms with Crippen molar-refractivity contribution in [1.82, 2.24) is 4.98 Å². The van der Waals surface area contributed by atoms with E-state index in [0.717, 1.165) is 12.8 Å². The lowest BCUT2D eigenvalue weighted by atomic mass is 9.71. The molecule has 0 bridgehead atoms. The fraction of sp³-hybridized carbons (Fsp3) is 0.308. The Morgan fingerprint density at radius 3 is 2.80 bits per heavy atom. The SMILES string of the molecule is NC1(c2cccc3ccncc23)CCC1. The van der Waals surface area contributed by atoms with Crippen LogP contribution in [0.1, 0.15) is 24.8 Å². The van der Waals surface area contributed by atoms with Gasteiger partial charge in [-0.25, -0.2) is 0 Å². The molecule has 2 heteroatoms. The monoisotopic (exact) mass is 198 g/mol. The summed E-state index contributed by atoms with van der Waals surface area (Å²) in [5, 5.41) is 2.45. The first-order chi connectivity index (χ1) is 7.30. The molecule has 1 aromatic heterocycles. The summed E-state index contributed by atoms with van der Waals surface area (Å²) in [5.41, 5.74) is 7.53. The minimum absolute atomic E-state index is 0.0947. The standard InChI is InChI=1S/C13H14N2/c14-13(6-2-7-13)12-4-1-3-10-5-8-15-9-11(10)12/h1,3-5,8-9H,2,6-7,14H2. The molecule has 3 rings (SSSR count). The van der Waals surface area contributed by atoms with Gasteiger partial charge in [-0.1, -0.05) is 18.2 Å². The van der Waals surface area contributed by atoms with Crippen LogP contribution in [-0.4, -0.2) is 4.98 Å². The summed E-state index contributed by atoms with van der Waals surface area (Å²) in [6.45, 7) is 0. The molecule has 76 valence electrons. The Labute approximate surface area is 89.1 Å². The number of nitrogens with two attached hydrogens (primary N) is 1. The van der Waals surface area contributed by atoms with Crippen molar-refractivity contribution in [3.8, 4) is 0 Å². The van der Waals surface area contributed by atoms with Crippen LogP contribution in [0.15, 0.2) is 36.7 Å². The number of fused-ring (bicyclic) bond motifs is 1. The summed E-state index contributed by atoms with van der Waals surface area (Å²) >= 11 is 0. The van der Waals surface area contributed by atoms with E-state index in [1.807, 2.05) is 18.5 Å². The first kappa shape index (κ1) is 8.86. The molecule has 1 saturated carbocycles. The highest BCUT2D eigenvalue weighted by molar-refractivity contribution is 5.85. The van der Waals surface area contributed by atoms with Crippen molar-refractivity contribution in [2.45, 2.75) is 24.8 Å². The average Bonchev–Trinajstić information content (AvgIpc) is 2.25. The molecule has 0 atom stereocenters. The van der Waals surface area contributed by atoms with Crippen LogP contribution in [0.4, 0.5) is 0 Å². The van der Waals surface area contributed by atoms with Crippen molar-refractivity contribution < 1.29 is 0 Å². The van der Waals surface area contributed by atoms with Crippen molar-refractivity contribution in [2.24, 2.45) is 5.73 Å². The van der Waals surface area contributed by atoms with E-state index in [2.05, 4.69) is 23.2 Å². The van der Waals surface area contributed by atoms with E-state index in [1.165, 1.54) is 22.8 Å². The highest BCUT2D eigenvalue weighted by Gasteiger charge is 2.35. The van der Waals surface area contributed by atoms with Gasteiger partial charge in [-0.2, -0.15) is 0 Å². The predicted octanol–water partition coefficient (Wildman–Crippen LogP) is 2.57. The summed E-state index contributed by atoms with van der Waals surface area (Å²) in [6.07, 6.45) is 7.20. The maximum atomic E-state index is 6.36. The molecule has 0 saturated heterocycles. The molecule has 0 unspecified atom stereocenters. The zero-order valence-electron chi connectivity index (χ0n) is 8.61. The zero-order chi connectivity index (χ0) is 10.3. The van der Waals surface area contributed by atoms with Crippen LogP contribution in [0, 0.1) is 0 Å².